The van der Waals surface area contributed by atoms with E-state index in [0.29, 0.717) is 6.42 Å². The summed E-state index contributed by atoms with van der Waals surface area (Å²) in [5.41, 5.74) is 1.05. The van der Waals surface area contributed by atoms with Crippen molar-refractivity contribution in [2.45, 2.75) is 38.6 Å². The number of hydrogen-bond acceptors (Lipinski definition) is 1. The third-order valence-corrected chi connectivity index (χ3v) is 3.29. The van der Waals surface area contributed by atoms with Crippen molar-refractivity contribution in [2.24, 2.45) is 0 Å². The lowest BCUT2D eigenvalue weighted by Gasteiger charge is -2.25. The second-order valence-electron chi connectivity index (χ2n) is 4.55. The second kappa shape index (κ2) is 5.30. The number of nitrogens with zero attached hydrogens (tertiary/aromatic N) is 1. The quantitative estimate of drug-likeness (QED) is 0.787. The van der Waals surface area contributed by atoms with Gasteiger partial charge in [0.25, 0.3) is 0 Å². The number of rotatable bonds is 3. The molecule has 92 valence electrons. The molecule has 0 radical (unpaired) electrons. The van der Waals surface area contributed by atoms with E-state index in [1.807, 2.05) is 11.8 Å². The van der Waals surface area contributed by atoms with Gasteiger partial charge in [-0.3, -0.25) is 4.79 Å². The minimum atomic E-state index is -0.224. The maximum Gasteiger partial charge on any atom is 0.223 e. The highest BCUT2D eigenvalue weighted by molar-refractivity contribution is 5.77. The maximum atomic E-state index is 12.9. The zero-order valence-corrected chi connectivity index (χ0v) is 10.2. The molecule has 1 aliphatic rings. The van der Waals surface area contributed by atoms with E-state index in [0.717, 1.165) is 31.4 Å². The fraction of sp³-hybridized carbons (Fsp3) is 0.500. The molecule has 2 nitrogen and oxygen atoms in total. The standard InChI is InChI=1S/C14H18FNO/c1-2-4-14(17)16-10-3-5-13(16)11-6-8-12(15)9-7-11/h6-9,13H,2-5,10H2,1H3/t13-/m0/s1. The van der Waals surface area contributed by atoms with Crippen molar-refractivity contribution in [3.8, 4) is 0 Å². The molecular weight excluding hydrogens is 217 g/mol. The van der Waals surface area contributed by atoms with Gasteiger partial charge in [-0.2, -0.15) is 0 Å². The molecule has 0 bridgehead atoms. The zero-order valence-electron chi connectivity index (χ0n) is 10.2. The van der Waals surface area contributed by atoms with Crippen LogP contribution < -0.4 is 0 Å². The minimum absolute atomic E-state index is 0.148. The van der Waals surface area contributed by atoms with Crippen molar-refractivity contribution in [3.63, 3.8) is 0 Å². The average molecular weight is 235 g/mol. The lowest BCUT2D eigenvalue weighted by molar-refractivity contribution is -0.132. The summed E-state index contributed by atoms with van der Waals surface area (Å²) in [6.07, 6.45) is 3.52. The van der Waals surface area contributed by atoms with Crippen molar-refractivity contribution in [1.29, 1.82) is 0 Å². The van der Waals surface area contributed by atoms with Crippen molar-refractivity contribution in [3.05, 3.63) is 35.6 Å². The average Bonchev–Trinajstić information content (AvgIpc) is 2.79. The summed E-state index contributed by atoms with van der Waals surface area (Å²) in [5.74, 6) is -0.00231. The van der Waals surface area contributed by atoms with Crippen molar-refractivity contribution >= 4 is 5.91 Å². The number of hydrogen-bond donors (Lipinski definition) is 0. The molecule has 1 saturated heterocycles. The molecular formula is C14H18FNO. The molecule has 1 heterocycles. The van der Waals surface area contributed by atoms with Gasteiger partial charge in [-0.05, 0) is 37.0 Å². The van der Waals surface area contributed by atoms with Crippen molar-refractivity contribution in [1.82, 2.24) is 4.90 Å². The summed E-state index contributed by atoms with van der Waals surface area (Å²) in [6.45, 7) is 2.85. The van der Waals surface area contributed by atoms with Gasteiger partial charge >= 0.3 is 0 Å². The summed E-state index contributed by atoms with van der Waals surface area (Å²) in [7, 11) is 0. The molecule has 1 amide bonds. The van der Waals surface area contributed by atoms with Gasteiger partial charge in [-0.15, -0.1) is 0 Å². The highest BCUT2D eigenvalue weighted by atomic mass is 19.1. The molecule has 1 aromatic rings. The smallest absolute Gasteiger partial charge is 0.223 e. The Morgan fingerprint density at radius 1 is 1.41 bits per heavy atom. The van der Waals surface area contributed by atoms with Crippen LogP contribution in [0.25, 0.3) is 0 Å². The molecule has 17 heavy (non-hydrogen) atoms. The van der Waals surface area contributed by atoms with Gasteiger partial charge in [0.1, 0.15) is 5.82 Å². The Bertz CT molecular complexity index is 388. The van der Waals surface area contributed by atoms with Crippen LogP contribution in [-0.2, 0) is 4.79 Å². The Morgan fingerprint density at radius 2 is 2.12 bits per heavy atom. The van der Waals surface area contributed by atoms with Crippen LogP contribution in [0.2, 0.25) is 0 Å². The van der Waals surface area contributed by atoms with Crippen LogP contribution in [0.3, 0.4) is 0 Å². The third kappa shape index (κ3) is 2.65. The van der Waals surface area contributed by atoms with Gasteiger partial charge in [0.05, 0.1) is 6.04 Å². The molecule has 0 spiro atoms. The summed E-state index contributed by atoms with van der Waals surface area (Å²) < 4.78 is 12.9. The van der Waals surface area contributed by atoms with Crippen LogP contribution in [0, 0.1) is 5.82 Å². The van der Waals surface area contributed by atoms with Crippen LogP contribution in [0.1, 0.15) is 44.2 Å². The Balaban J connectivity index is 2.14. The molecule has 1 aliphatic heterocycles. The van der Waals surface area contributed by atoms with E-state index in [2.05, 4.69) is 0 Å². The molecule has 3 heteroatoms. The fourth-order valence-electron chi connectivity index (χ4n) is 2.45. The largest absolute Gasteiger partial charge is 0.336 e. The molecule has 1 fully saturated rings. The lowest BCUT2D eigenvalue weighted by Crippen LogP contribution is -2.30. The normalized spacial score (nSPS) is 19.6. The number of halogens is 1. The van der Waals surface area contributed by atoms with Crippen molar-refractivity contribution in [2.75, 3.05) is 6.54 Å². The summed E-state index contributed by atoms with van der Waals surface area (Å²) in [6, 6.07) is 6.66. The maximum absolute atomic E-state index is 12.9. The number of likely N-dealkylation sites (tertiary alicyclic amines) is 1. The first-order valence-corrected chi connectivity index (χ1v) is 6.27. The number of amides is 1. The molecule has 0 N–H and O–H groups in total. The Labute approximate surface area is 101 Å². The Hall–Kier alpha value is -1.38. The molecule has 0 saturated carbocycles. The first-order chi connectivity index (χ1) is 8.22. The first kappa shape index (κ1) is 12.1. The molecule has 0 aliphatic carbocycles. The van der Waals surface area contributed by atoms with E-state index >= 15 is 0 Å². The van der Waals surface area contributed by atoms with Gasteiger partial charge in [0.2, 0.25) is 5.91 Å². The van der Waals surface area contributed by atoms with Gasteiger partial charge < -0.3 is 4.90 Å². The lowest BCUT2D eigenvalue weighted by atomic mass is 10.0. The minimum Gasteiger partial charge on any atom is -0.336 e. The van der Waals surface area contributed by atoms with E-state index in [1.165, 1.54) is 12.1 Å². The summed E-state index contributed by atoms with van der Waals surface area (Å²) >= 11 is 0. The van der Waals surface area contributed by atoms with Crippen molar-refractivity contribution < 1.29 is 9.18 Å². The molecule has 1 aromatic carbocycles. The Morgan fingerprint density at radius 3 is 2.76 bits per heavy atom. The van der Waals surface area contributed by atoms with Gasteiger partial charge in [0, 0.05) is 13.0 Å². The highest BCUT2D eigenvalue weighted by Gasteiger charge is 2.29. The number of benzene rings is 1. The molecule has 0 unspecified atom stereocenters. The first-order valence-electron chi connectivity index (χ1n) is 6.27. The van der Waals surface area contributed by atoms with Crippen LogP contribution in [0.4, 0.5) is 4.39 Å². The van der Waals surface area contributed by atoms with Crippen LogP contribution in [-0.4, -0.2) is 17.4 Å². The predicted molar refractivity (Wildman–Crippen MR) is 65.0 cm³/mol. The Kier molecular flexibility index (Phi) is 3.77. The van der Waals surface area contributed by atoms with E-state index in [-0.39, 0.29) is 17.8 Å². The van der Waals surface area contributed by atoms with Gasteiger partial charge in [0.15, 0.2) is 0 Å². The van der Waals surface area contributed by atoms with Gasteiger partial charge in [-0.1, -0.05) is 19.1 Å². The van der Waals surface area contributed by atoms with E-state index in [9.17, 15) is 9.18 Å². The molecule has 2 rings (SSSR count). The van der Waals surface area contributed by atoms with E-state index in [4.69, 9.17) is 0 Å². The zero-order chi connectivity index (χ0) is 12.3. The molecule has 0 aromatic heterocycles. The topological polar surface area (TPSA) is 20.3 Å². The number of carbonyl (C=O) groups is 1. The molecule has 1 atom stereocenters. The summed E-state index contributed by atoms with van der Waals surface area (Å²) in [4.78, 5) is 13.9. The number of carbonyl (C=O) groups excluding carboxylic acids is 1. The fourth-order valence-corrected chi connectivity index (χ4v) is 2.45. The van der Waals surface area contributed by atoms with Crippen LogP contribution in [0.5, 0.6) is 0 Å². The van der Waals surface area contributed by atoms with Crippen LogP contribution >= 0.6 is 0 Å². The van der Waals surface area contributed by atoms with Crippen LogP contribution in [0.15, 0.2) is 24.3 Å². The highest BCUT2D eigenvalue weighted by Crippen LogP contribution is 2.32. The SMILES string of the molecule is CCCC(=O)N1CCC[C@H]1c1ccc(F)cc1. The monoisotopic (exact) mass is 235 g/mol. The van der Waals surface area contributed by atoms with E-state index in [1.54, 1.807) is 12.1 Å². The second-order valence-corrected chi connectivity index (χ2v) is 4.55. The van der Waals surface area contributed by atoms with Gasteiger partial charge in [-0.25, -0.2) is 4.39 Å². The van der Waals surface area contributed by atoms with E-state index < -0.39 is 0 Å². The predicted octanol–water partition coefficient (Wildman–Crippen LogP) is 3.29. The third-order valence-electron chi connectivity index (χ3n) is 3.29. The summed E-state index contributed by atoms with van der Waals surface area (Å²) in [5, 5.41) is 0.